The van der Waals surface area contributed by atoms with Gasteiger partial charge in [-0.15, -0.1) is 0 Å². The molecule has 0 spiro atoms. The molecule has 1 heterocycles. The first-order valence-corrected chi connectivity index (χ1v) is 9.67. The van der Waals surface area contributed by atoms with Crippen LogP contribution in [0.5, 0.6) is 5.75 Å². The third-order valence-electron chi connectivity index (χ3n) is 3.97. The highest BCUT2D eigenvalue weighted by Gasteiger charge is 2.12. The Labute approximate surface area is 173 Å². The van der Waals surface area contributed by atoms with Gasteiger partial charge in [0.25, 0.3) is 0 Å². The van der Waals surface area contributed by atoms with Crippen molar-refractivity contribution in [1.82, 2.24) is 9.88 Å². The molecule has 0 saturated heterocycles. The number of hydrogen-bond acceptors (Lipinski definition) is 3. The van der Waals surface area contributed by atoms with Crippen LogP contribution in [0.2, 0.25) is 0 Å². The molecular weight excluding hydrogens is 422 g/mol. The Bertz CT molecular complexity index is 905. The monoisotopic (exact) mass is 441 g/mol. The lowest BCUT2D eigenvalue weighted by Crippen LogP contribution is -2.33. The number of nitrogens with one attached hydrogen (secondary N) is 1. The molecule has 27 heavy (non-hydrogen) atoms. The molecule has 0 aliphatic carbocycles. The molecule has 0 aliphatic heterocycles. The van der Waals surface area contributed by atoms with Crippen LogP contribution in [0.3, 0.4) is 0 Å². The topological polar surface area (TPSA) is 37.4 Å². The summed E-state index contributed by atoms with van der Waals surface area (Å²) in [5, 5.41) is 3.96. The molecule has 0 radical (unpaired) electrons. The molecular formula is C21H20BrN3OS. The third kappa shape index (κ3) is 5.77. The SMILES string of the molecule is COc1cccc(NC(=S)N(Cc2cccnc2)Cc2cccc(Br)c2)c1. The number of rotatable bonds is 6. The molecule has 0 bridgehead atoms. The van der Waals surface area contributed by atoms with Crippen molar-refractivity contribution in [2.45, 2.75) is 13.1 Å². The number of benzene rings is 2. The van der Waals surface area contributed by atoms with E-state index in [2.05, 4.69) is 49.3 Å². The molecule has 0 aliphatic rings. The normalized spacial score (nSPS) is 10.3. The van der Waals surface area contributed by atoms with Gasteiger partial charge in [0.2, 0.25) is 0 Å². The minimum atomic E-state index is 0.645. The lowest BCUT2D eigenvalue weighted by molar-refractivity contribution is 0.411. The molecule has 6 heteroatoms. The van der Waals surface area contributed by atoms with E-state index in [-0.39, 0.29) is 0 Å². The number of halogens is 1. The van der Waals surface area contributed by atoms with Crippen LogP contribution in [-0.2, 0) is 13.1 Å². The van der Waals surface area contributed by atoms with Gasteiger partial charge >= 0.3 is 0 Å². The second kappa shape index (κ2) is 9.48. The molecule has 138 valence electrons. The van der Waals surface area contributed by atoms with Gasteiger partial charge in [0.05, 0.1) is 7.11 Å². The number of ether oxygens (including phenoxy) is 1. The third-order valence-corrected chi connectivity index (χ3v) is 4.82. The van der Waals surface area contributed by atoms with Gasteiger partial charge in [-0.2, -0.15) is 0 Å². The van der Waals surface area contributed by atoms with Crippen molar-refractivity contribution in [3.8, 4) is 5.75 Å². The number of thiocarbonyl (C=S) groups is 1. The Kier molecular flexibility index (Phi) is 6.79. The van der Waals surface area contributed by atoms with E-state index in [0.717, 1.165) is 21.5 Å². The van der Waals surface area contributed by atoms with Gasteiger partial charge in [0.15, 0.2) is 5.11 Å². The Morgan fingerprint density at radius 1 is 1.07 bits per heavy atom. The first-order chi connectivity index (χ1) is 13.1. The molecule has 1 aromatic heterocycles. The van der Waals surface area contributed by atoms with Crippen LogP contribution in [0.4, 0.5) is 5.69 Å². The molecule has 0 saturated carbocycles. The number of anilines is 1. The van der Waals surface area contributed by atoms with E-state index >= 15 is 0 Å². The van der Waals surface area contributed by atoms with Crippen molar-refractivity contribution < 1.29 is 4.74 Å². The lowest BCUT2D eigenvalue weighted by atomic mass is 10.2. The van der Waals surface area contributed by atoms with E-state index in [1.54, 1.807) is 13.3 Å². The summed E-state index contributed by atoms with van der Waals surface area (Å²) in [7, 11) is 1.65. The van der Waals surface area contributed by atoms with Crippen LogP contribution < -0.4 is 10.1 Å². The van der Waals surface area contributed by atoms with Crippen LogP contribution in [-0.4, -0.2) is 22.1 Å². The van der Waals surface area contributed by atoms with Crippen LogP contribution in [0.1, 0.15) is 11.1 Å². The molecule has 3 aromatic rings. The molecule has 0 amide bonds. The summed E-state index contributed by atoms with van der Waals surface area (Å²) in [6.07, 6.45) is 3.64. The number of hydrogen-bond donors (Lipinski definition) is 1. The molecule has 0 fully saturated rings. The number of nitrogens with zero attached hydrogens (tertiary/aromatic N) is 2. The van der Waals surface area contributed by atoms with Crippen LogP contribution >= 0.6 is 28.1 Å². The average Bonchev–Trinajstić information content (AvgIpc) is 2.68. The maximum absolute atomic E-state index is 5.71. The number of aromatic nitrogens is 1. The van der Waals surface area contributed by atoms with E-state index in [0.29, 0.717) is 18.2 Å². The fourth-order valence-electron chi connectivity index (χ4n) is 2.67. The maximum atomic E-state index is 5.71. The summed E-state index contributed by atoms with van der Waals surface area (Å²) in [4.78, 5) is 6.33. The van der Waals surface area contributed by atoms with Crippen LogP contribution in [0.15, 0.2) is 77.5 Å². The smallest absolute Gasteiger partial charge is 0.174 e. The van der Waals surface area contributed by atoms with Crippen molar-refractivity contribution in [2.75, 3.05) is 12.4 Å². The molecule has 1 N–H and O–H groups in total. The largest absolute Gasteiger partial charge is 0.497 e. The van der Waals surface area contributed by atoms with Crippen molar-refractivity contribution >= 4 is 38.9 Å². The van der Waals surface area contributed by atoms with E-state index in [1.807, 2.05) is 48.7 Å². The van der Waals surface area contributed by atoms with Gasteiger partial charge in [0.1, 0.15) is 5.75 Å². The maximum Gasteiger partial charge on any atom is 0.174 e. The predicted molar refractivity (Wildman–Crippen MR) is 117 cm³/mol. The van der Waals surface area contributed by atoms with Crippen molar-refractivity contribution in [2.24, 2.45) is 0 Å². The Morgan fingerprint density at radius 2 is 1.85 bits per heavy atom. The summed E-state index contributed by atoms with van der Waals surface area (Å²) >= 11 is 9.24. The summed E-state index contributed by atoms with van der Waals surface area (Å²) in [6, 6.07) is 20.0. The van der Waals surface area contributed by atoms with Gasteiger partial charge in [-0.25, -0.2) is 0 Å². The second-order valence-electron chi connectivity index (χ2n) is 6.01. The minimum absolute atomic E-state index is 0.645. The fourth-order valence-corrected chi connectivity index (χ4v) is 3.36. The zero-order valence-electron chi connectivity index (χ0n) is 14.9. The quantitative estimate of drug-likeness (QED) is 0.528. The average molecular weight is 442 g/mol. The fraction of sp³-hybridized carbons (Fsp3) is 0.143. The highest BCUT2D eigenvalue weighted by molar-refractivity contribution is 9.10. The summed E-state index contributed by atoms with van der Waals surface area (Å²) in [5.41, 5.74) is 3.16. The summed E-state index contributed by atoms with van der Waals surface area (Å²) in [6.45, 7) is 1.35. The van der Waals surface area contributed by atoms with Gasteiger partial charge < -0.3 is 15.0 Å². The van der Waals surface area contributed by atoms with Gasteiger partial charge in [-0.05, 0) is 53.7 Å². The van der Waals surface area contributed by atoms with Gasteiger partial charge in [-0.1, -0.05) is 40.2 Å². The number of methoxy groups -OCH3 is 1. The van der Waals surface area contributed by atoms with Crippen molar-refractivity contribution in [1.29, 1.82) is 0 Å². The van der Waals surface area contributed by atoms with Crippen molar-refractivity contribution in [3.63, 3.8) is 0 Å². The predicted octanol–water partition coefficient (Wildman–Crippen LogP) is 5.25. The van der Waals surface area contributed by atoms with Crippen LogP contribution in [0, 0.1) is 0 Å². The highest BCUT2D eigenvalue weighted by Crippen LogP contribution is 2.19. The van der Waals surface area contributed by atoms with E-state index in [1.165, 1.54) is 5.56 Å². The first kappa shape index (κ1) is 19.3. The molecule has 0 atom stereocenters. The van der Waals surface area contributed by atoms with E-state index in [4.69, 9.17) is 17.0 Å². The van der Waals surface area contributed by atoms with E-state index in [9.17, 15) is 0 Å². The van der Waals surface area contributed by atoms with Gasteiger partial charge in [-0.3, -0.25) is 4.98 Å². The van der Waals surface area contributed by atoms with Gasteiger partial charge in [0, 0.05) is 41.7 Å². The Balaban J connectivity index is 1.80. The molecule has 2 aromatic carbocycles. The lowest BCUT2D eigenvalue weighted by Gasteiger charge is -2.26. The summed E-state index contributed by atoms with van der Waals surface area (Å²) in [5.74, 6) is 0.786. The zero-order valence-corrected chi connectivity index (χ0v) is 17.3. The van der Waals surface area contributed by atoms with Crippen LogP contribution in [0.25, 0.3) is 0 Å². The van der Waals surface area contributed by atoms with Crippen molar-refractivity contribution in [3.05, 3.63) is 88.7 Å². The minimum Gasteiger partial charge on any atom is -0.497 e. The molecule has 4 nitrogen and oxygen atoms in total. The first-order valence-electron chi connectivity index (χ1n) is 8.47. The standard InChI is InChI=1S/C21H20BrN3OS/c1-26-20-9-3-8-19(12-20)24-21(27)25(15-17-6-4-10-23-13-17)14-16-5-2-7-18(22)11-16/h2-13H,14-15H2,1H3,(H,24,27). The second-order valence-corrected chi connectivity index (χ2v) is 7.31. The Morgan fingerprint density at radius 3 is 2.59 bits per heavy atom. The zero-order chi connectivity index (χ0) is 19.1. The van der Waals surface area contributed by atoms with E-state index < -0.39 is 0 Å². The molecule has 3 rings (SSSR count). The summed E-state index contributed by atoms with van der Waals surface area (Å²) < 4.78 is 6.34. The Hall–Kier alpha value is -2.44. The highest BCUT2D eigenvalue weighted by atomic mass is 79.9. The number of pyridine rings is 1. The molecule has 0 unspecified atom stereocenters.